The third-order valence-corrected chi connectivity index (χ3v) is 3.44. The molecule has 0 fully saturated rings. The average molecular weight is 281 g/mol. The van der Waals surface area contributed by atoms with E-state index < -0.39 is 0 Å². The topological polar surface area (TPSA) is 66.9 Å². The van der Waals surface area contributed by atoms with Crippen LogP contribution < -0.4 is 11.0 Å². The number of aryl methyl sites for hydroxylation is 2. The molecular weight excluding hydrogens is 266 g/mol. The highest BCUT2D eigenvalue weighted by atomic mass is 16.2. The third kappa shape index (κ3) is 2.45. The fourth-order valence-corrected chi connectivity index (χ4v) is 2.30. The van der Waals surface area contributed by atoms with E-state index >= 15 is 0 Å². The van der Waals surface area contributed by atoms with E-state index in [1.54, 1.807) is 31.3 Å². The van der Waals surface area contributed by atoms with E-state index in [2.05, 4.69) is 10.3 Å². The molecule has 0 spiro atoms. The minimum Gasteiger partial charge on any atom is -0.322 e. The summed E-state index contributed by atoms with van der Waals surface area (Å²) in [5.74, 6) is -0.170. The van der Waals surface area contributed by atoms with Crippen LogP contribution in [0.5, 0.6) is 0 Å². The second-order valence-corrected chi connectivity index (χ2v) is 5.04. The van der Waals surface area contributed by atoms with Gasteiger partial charge in [-0.15, -0.1) is 0 Å². The van der Waals surface area contributed by atoms with Crippen LogP contribution in [0.25, 0.3) is 11.0 Å². The highest BCUT2D eigenvalue weighted by Crippen LogP contribution is 2.17. The second-order valence-electron chi connectivity index (χ2n) is 5.04. The summed E-state index contributed by atoms with van der Waals surface area (Å²) in [7, 11) is 1.70. The van der Waals surface area contributed by atoms with E-state index in [4.69, 9.17) is 0 Å². The Kier molecular flexibility index (Phi) is 3.10. The molecule has 1 amide bonds. The van der Waals surface area contributed by atoms with Crippen LogP contribution in [0.15, 0.2) is 47.3 Å². The fourth-order valence-electron chi connectivity index (χ4n) is 2.30. The molecule has 0 saturated heterocycles. The molecule has 0 aliphatic heterocycles. The van der Waals surface area contributed by atoms with Crippen molar-refractivity contribution in [2.75, 3.05) is 5.32 Å². The van der Waals surface area contributed by atoms with Crippen molar-refractivity contribution in [2.45, 2.75) is 6.92 Å². The van der Waals surface area contributed by atoms with E-state index in [1.165, 1.54) is 4.57 Å². The summed E-state index contributed by atoms with van der Waals surface area (Å²) in [5.41, 5.74) is 3.61. The predicted molar refractivity (Wildman–Crippen MR) is 82.7 cm³/mol. The quantitative estimate of drug-likeness (QED) is 0.757. The van der Waals surface area contributed by atoms with Gasteiger partial charge in [-0.1, -0.05) is 17.7 Å². The lowest BCUT2D eigenvalue weighted by molar-refractivity contribution is 0.102. The van der Waals surface area contributed by atoms with Crippen LogP contribution in [-0.4, -0.2) is 15.5 Å². The maximum atomic E-state index is 12.2. The molecule has 1 aromatic heterocycles. The molecule has 0 atom stereocenters. The van der Waals surface area contributed by atoms with Gasteiger partial charge in [-0.05, 0) is 37.3 Å². The molecule has 0 unspecified atom stereocenters. The molecule has 5 heteroatoms. The number of benzene rings is 2. The zero-order valence-corrected chi connectivity index (χ0v) is 11.8. The van der Waals surface area contributed by atoms with Gasteiger partial charge in [0.05, 0.1) is 11.0 Å². The first-order valence-electron chi connectivity index (χ1n) is 6.61. The number of amides is 1. The van der Waals surface area contributed by atoms with Crippen LogP contribution in [0.2, 0.25) is 0 Å². The van der Waals surface area contributed by atoms with Crippen LogP contribution >= 0.6 is 0 Å². The predicted octanol–water partition coefficient (Wildman–Crippen LogP) is 2.43. The number of nitrogens with one attached hydrogen (secondary N) is 2. The molecule has 5 nitrogen and oxygen atoms in total. The zero-order chi connectivity index (χ0) is 15.0. The molecule has 0 aliphatic carbocycles. The van der Waals surface area contributed by atoms with Crippen LogP contribution in [0, 0.1) is 6.92 Å². The van der Waals surface area contributed by atoms with Crippen molar-refractivity contribution in [1.29, 1.82) is 0 Å². The second kappa shape index (κ2) is 4.94. The van der Waals surface area contributed by atoms with Gasteiger partial charge >= 0.3 is 5.69 Å². The fraction of sp³-hybridized carbons (Fsp3) is 0.125. The molecule has 0 aliphatic rings. The number of hydrogen-bond acceptors (Lipinski definition) is 2. The van der Waals surface area contributed by atoms with E-state index in [1.807, 2.05) is 25.1 Å². The smallest absolute Gasteiger partial charge is 0.322 e. The molecule has 0 radical (unpaired) electrons. The molecule has 1 heterocycles. The Morgan fingerprint density at radius 2 is 2.00 bits per heavy atom. The van der Waals surface area contributed by atoms with E-state index in [0.29, 0.717) is 16.8 Å². The SMILES string of the molecule is Cc1cccc(C(=O)Nc2ccc3c(c2)[nH]c(=O)n3C)c1. The van der Waals surface area contributed by atoms with E-state index in [9.17, 15) is 9.59 Å². The highest BCUT2D eigenvalue weighted by Gasteiger charge is 2.08. The first-order chi connectivity index (χ1) is 10.0. The van der Waals surface area contributed by atoms with Gasteiger partial charge in [0, 0.05) is 18.3 Å². The Balaban J connectivity index is 1.91. The number of hydrogen-bond donors (Lipinski definition) is 2. The minimum absolute atomic E-state index is 0.170. The first-order valence-corrected chi connectivity index (χ1v) is 6.61. The van der Waals surface area contributed by atoms with Gasteiger partial charge in [0.15, 0.2) is 0 Å². The summed E-state index contributed by atoms with van der Waals surface area (Å²) in [5, 5.41) is 2.84. The third-order valence-electron chi connectivity index (χ3n) is 3.44. The zero-order valence-electron chi connectivity index (χ0n) is 11.8. The lowest BCUT2D eigenvalue weighted by atomic mass is 10.1. The maximum Gasteiger partial charge on any atom is 0.326 e. The van der Waals surface area contributed by atoms with E-state index in [0.717, 1.165) is 11.1 Å². The number of aromatic amines is 1. The minimum atomic E-state index is -0.174. The van der Waals surface area contributed by atoms with Gasteiger partial charge < -0.3 is 10.3 Å². The Bertz CT molecular complexity index is 890. The average Bonchev–Trinajstić information content (AvgIpc) is 2.73. The van der Waals surface area contributed by atoms with Crippen molar-refractivity contribution in [3.8, 4) is 0 Å². The summed E-state index contributed by atoms with van der Waals surface area (Å²) < 4.78 is 1.53. The Labute approximate surface area is 121 Å². The van der Waals surface area contributed by atoms with Crippen molar-refractivity contribution >= 4 is 22.6 Å². The lowest BCUT2D eigenvalue weighted by Crippen LogP contribution is -2.12. The number of rotatable bonds is 2. The van der Waals surface area contributed by atoms with Gasteiger partial charge in [-0.25, -0.2) is 4.79 Å². The largest absolute Gasteiger partial charge is 0.326 e. The van der Waals surface area contributed by atoms with Crippen LogP contribution in [0.4, 0.5) is 5.69 Å². The monoisotopic (exact) mass is 281 g/mol. The highest BCUT2D eigenvalue weighted by molar-refractivity contribution is 6.05. The van der Waals surface area contributed by atoms with Crippen molar-refractivity contribution in [3.63, 3.8) is 0 Å². The molecule has 3 rings (SSSR count). The Hall–Kier alpha value is -2.82. The van der Waals surface area contributed by atoms with Gasteiger partial charge in [-0.3, -0.25) is 9.36 Å². The summed E-state index contributed by atoms with van der Waals surface area (Å²) in [6.45, 7) is 1.94. The number of imidazole rings is 1. The van der Waals surface area contributed by atoms with Crippen molar-refractivity contribution in [2.24, 2.45) is 7.05 Å². The van der Waals surface area contributed by atoms with Crippen molar-refractivity contribution < 1.29 is 4.79 Å². The number of fused-ring (bicyclic) bond motifs is 1. The molecule has 0 saturated carbocycles. The molecule has 21 heavy (non-hydrogen) atoms. The molecule has 0 bridgehead atoms. The molecule has 2 aromatic carbocycles. The molecule has 106 valence electrons. The van der Waals surface area contributed by atoms with Crippen molar-refractivity contribution in [1.82, 2.24) is 9.55 Å². The number of carbonyl (C=O) groups excluding carboxylic acids is 1. The molecule has 3 aromatic rings. The summed E-state index contributed by atoms with van der Waals surface area (Å²) >= 11 is 0. The summed E-state index contributed by atoms with van der Waals surface area (Å²) in [6.07, 6.45) is 0. The maximum absolute atomic E-state index is 12.2. The van der Waals surface area contributed by atoms with Crippen molar-refractivity contribution in [3.05, 3.63) is 64.1 Å². The number of carbonyl (C=O) groups is 1. The Morgan fingerprint density at radius 1 is 1.19 bits per heavy atom. The number of H-pyrrole nitrogens is 1. The van der Waals surface area contributed by atoms with Gasteiger partial charge in [0.25, 0.3) is 5.91 Å². The summed E-state index contributed by atoms with van der Waals surface area (Å²) in [6, 6.07) is 12.7. The van der Waals surface area contributed by atoms with Crippen LogP contribution in [-0.2, 0) is 7.05 Å². The summed E-state index contributed by atoms with van der Waals surface area (Å²) in [4.78, 5) is 26.5. The van der Waals surface area contributed by atoms with Gasteiger partial charge in [0.2, 0.25) is 0 Å². The van der Waals surface area contributed by atoms with Gasteiger partial charge in [0.1, 0.15) is 0 Å². The van der Waals surface area contributed by atoms with Crippen LogP contribution in [0.1, 0.15) is 15.9 Å². The number of aromatic nitrogens is 2. The number of nitrogens with zero attached hydrogens (tertiary/aromatic N) is 1. The number of anilines is 1. The standard InChI is InChI=1S/C16H15N3O2/c1-10-4-3-5-11(8-10)15(20)17-12-6-7-14-13(9-12)18-16(21)19(14)2/h3-9H,1-2H3,(H,17,20)(H,18,21). The molecular formula is C16H15N3O2. The van der Waals surface area contributed by atoms with Crippen LogP contribution in [0.3, 0.4) is 0 Å². The lowest BCUT2D eigenvalue weighted by Gasteiger charge is -2.06. The van der Waals surface area contributed by atoms with E-state index in [-0.39, 0.29) is 11.6 Å². The Morgan fingerprint density at radius 3 is 2.76 bits per heavy atom. The molecule has 2 N–H and O–H groups in total. The normalized spacial score (nSPS) is 10.8. The first kappa shape index (κ1) is 13.2. The van der Waals surface area contributed by atoms with Gasteiger partial charge in [-0.2, -0.15) is 0 Å².